The molecule has 0 amide bonds. The molecule has 1 heterocycles. The van der Waals surface area contributed by atoms with E-state index in [2.05, 4.69) is 62.2 Å². The minimum Gasteiger partial charge on any atom is -0.382 e. The predicted molar refractivity (Wildman–Crippen MR) is 93.2 cm³/mol. The fourth-order valence-corrected chi connectivity index (χ4v) is 2.68. The molecule has 120 valence electrons. The lowest BCUT2D eigenvalue weighted by Gasteiger charge is -2.33. The van der Waals surface area contributed by atoms with E-state index in [4.69, 9.17) is 9.73 Å². The number of aliphatic imine (C=N–C) groups is 1. The van der Waals surface area contributed by atoms with Crippen molar-refractivity contribution in [3.8, 4) is 0 Å². The first-order valence-electron chi connectivity index (χ1n) is 8.20. The van der Waals surface area contributed by atoms with Crippen molar-refractivity contribution >= 4 is 5.84 Å². The highest BCUT2D eigenvalue weighted by atomic mass is 16.5. The van der Waals surface area contributed by atoms with E-state index in [-0.39, 0.29) is 6.04 Å². The van der Waals surface area contributed by atoms with Crippen LogP contribution >= 0.6 is 0 Å². The van der Waals surface area contributed by atoms with E-state index < -0.39 is 0 Å². The van der Waals surface area contributed by atoms with Gasteiger partial charge in [-0.15, -0.1) is 0 Å². The Morgan fingerprint density at radius 1 is 1.32 bits per heavy atom. The van der Waals surface area contributed by atoms with Gasteiger partial charge in [-0.2, -0.15) is 0 Å². The molecule has 22 heavy (non-hydrogen) atoms. The van der Waals surface area contributed by atoms with E-state index in [1.807, 2.05) is 6.07 Å². The van der Waals surface area contributed by atoms with Crippen LogP contribution < -0.4 is 0 Å². The zero-order valence-electron chi connectivity index (χ0n) is 14.2. The summed E-state index contributed by atoms with van der Waals surface area (Å²) in [4.78, 5) is 7.39. The lowest BCUT2D eigenvalue weighted by molar-refractivity contribution is 0.164. The molecule has 1 aliphatic heterocycles. The predicted octanol–water partition coefficient (Wildman–Crippen LogP) is 4.10. The summed E-state index contributed by atoms with van der Waals surface area (Å²) in [5.74, 6) is 1.50. The maximum Gasteiger partial charge on any atom is 0.135 e. The number of nitrogens with zero attached hydrogens (tertiary/aromatic N) is 2. The third-order valence-electron chi connectivity index (χ3n) is 4.16. The molecule has 0 saturated carbocycles. The molecule has 2 rings (SSSR count). The third-order valence-corrected chi connectivity index (χ3v) is 4.16. The molecule has 2 atom stereocenters. The fourth-order valence-electron chi connectivity index (χ4n) is 2.68. The highest BCUT2D eigenvalue weighted by Gasteiger charge is 2.22. The Labute approximate surface area is 134 Å². The van der Waals surface area contributed by atoms with Gasteiger partial charge in [-0.1, -0.05) is 50.3 Å². The van der Waals surface area contributed by atoms with E-state index >= 15 is 0 Å². The summed E-state index contributed by atoms with van der Waals surface area (Å²) in [5.41, 5.74) is 1.17. The van der Waals surface area contributed by atoms with E-state index in [1.54, 1.807) is 7.11 Å². The van der Waals surface area contributed by atoms with Crippen LogP contribution in [0.15, 0.2) is 47.6 Å². The summed E-state index contributed by atoms with van der Waals surface area (Å²) >= 11 is 0. The molecule has 3 nitrogen and oxygen atoms in total. The van der Waals surface area contributed by atoms with Gasteiger partial charge in [0.1, 0.15) is 5.84 Å². The van der Waals surface area contributed by atoms with Gasteiger partial charge in [0.2, 0.25) is 0 Å². The highest BCUT2D eigenvalue weighted by molar-refractivity contribution is 5.99. The number of hydrogen-bond acceptors (Lipinski definition) is 2. The molecule has 3 heteroatoms. The van der Waals surface area contributed by atoms with Gasteiger partial charge in [-0.3, -0.25) is 4.99 Å². The largest absolute Gasteiger partial charge is 0.382 e. The lowest BCUT2D eigenvalue weighted by Crippen LogP contribution is -2.38. The van der Waals surface area contributed by atoms with E-state index in [0.29, 0.717) is 18.6 Å². The number of amidine groups is 1. The van der Waals surface area contributed by atoms with Crippen molar-refractivity contribution in [2.45, 2.75) is 45.7 Å². The lowest BCUT2D eigenvalue weighted by atomic mass is 10.0. The van der Waals surface area contributed by atoms with Gasteiger partial charge in [0.25, 0.3) is 0 Å². The van der Waals surface area contributed by atoms with E-state index in [0.717, 1.165) is 12.3 Å². The second kappa shape index (κ2) is 8.14. The first-order valence-corrected chi connectivity index (χ1v) is 8.20. The summed E-state index contributed by atoms with van der Waals surface area (Å²) in [7, 11) is 1.75. The van der Waals surface area contributed by atoms with E-state index in [1.165, 1.54) is 12.0 Å². The Morgan fingerprint density at radius 3 is 2.64 bits per heavy atom. The normalized spacial score (nSPS) is 20.5. The minimum atomic E-state index is 0.169. The zero-order valence-corrected chi connectivity index (χ0v) is 14.2. The monoisotopic (exact) mass is 300 g/mol. The van der Waals surface area contributed by atoms with E-state index in [9.17, 15) is 0 Å². The molecule has 0 saturated heterocycles. The Bertz CT molecular complexity index is 507. The van der Waals surface area contributed by atoms with Gasteiger partial charge >= 0.3 is 0 Å². The summed E-state index contributed by atoms with van der Waals surface area (Å²) < 4.78 is 5.37. The number of allylic oxidation sites excluding steroid dienone is 1. The summed E-state index contributed by atoms with van der Waals surface area (Å²) in [6.45, 7) is 7.32. The average molecular weight is 300 g/mol. The Morgan fingerprint density at radius 2 is 2.05 bits per heavy atom. The molecule has 1 aromatic carbocycles. The molecule has 0 bridgehead atoms. The van der Waals surface area contributed by atoms with Gasteiger partial charge < -0.3 is 9.64 Å². The highest BCUT2D eigenvalue weighted by Crippen LogP contribution is 2.20. The van der Waals surface area contributed by atoms with Crippen LogP contribution in [0.2, 0.25) is 0 Å². The van der Waals surface area contributed by atoms with Crippen molar-refractivity contribution < 1.29 is 4.74 Å². The van der Waals surface area contributed by atoms with Crippen LogP contribution in [0.5, 0.6) is 0 Å². The van der Waals surface area contributed by atoms with Crippen molar-refractivity contribution in [3.63, 3.8) is 0 Å². The second-order valence-electron chi connectivity index (χ2n) is 6.30. The summed E-state index contributed by atoms with van der Waals surface area (Å²) in [6.07, 6.45) is 6.73. The molecule has 0 radical (unpaired) electrons. The average Bonchev–Trinajstić information content (AvgIpc) is 2.53. The quantitative estimate of drug-likeness (QED) is 0.604. The molecule has 0 fully saturated rings. The minimum absolute atomic E-state index is 0.169. The van der Waals surface area contributed by atoms with Crippen molar-refractivity contribution in [1.82, 2.24) is 4.90 Å². The maximum absolute atomic E-state index is 5.37. The molecule has 1 aliphatic rings. The summed E-state index contributed by atoms with van der Waals surface area (Å²) in [6, 6.07) is 11.1. The number of ether oxygens (including phenoxy) is 1. The zero-order chi connectivity index (χ0) is 15.9. The molecule has 0 unspecified atom stereocenters. The topological polar surface area (TPSA) is 24.8 Å². The van der Waals surface area contributed by atoms with Crippen molar-refractivity contribution in [1.29, 1.82) is 0 Å². The smallest absolute Gasteiger partial charge is 0.135 e. The van der Waals surface area contributed by atoms with Gasteiger partial charge in [0.05, 0.1) is 12.6 Å². The third kappa shape index (κ3) is 4.20. The molecule has 0 aliphatic carbocycles. The Kier molecular flexibility index (Phi) is 6.20. The van der Waals surface area contributed by atoms with Crippen LogP contribution in [0.4, 0.5) is 0 Å². The summed E-state index contributed by atoms with van der Waals surface area (Å²) in [5, 5.41) is 0. The maximum atomic E-state index is 5.37. The van der Waals surface area contributed by atoms with Gasteiger partial charge in [-0.25, -0.2) is 0 Å². The van der Waals surface area contributed by atoms with Gasteiger partial charge in [0.15, 0.2) is 0 Å². The molecular formula is C19H28N2O. The molecule has 1 aromatic rings. The van der Waals surface area contributed by atoms with Crippen LogP contribution in [0.25, 0.3) is 0 Å². The van der Waals surface area contributed by atoms with Crippen LogP contribution in [-0.2, 0) is 4.74 Å². The van der Waals surface area contributed by atoms with Crippen molar-refractivity contribution in [2.75, 3.05) is 13.7 Å². The van der Waals surface area contributed by atoms with Crippen LogP contribution in [-0.4, -0.2) is 36.5 Å². The van der Waals surface area contributed by atoms with Crippen LogP contribution in [0.1, 0.15) is 39.2 Å². The van der Waals surface area contributed by atoms with Crippen LogP contribution in [0, 0.1) is 5.92 Å². The molecule has 0 spiro atoms. The Balaban J connectivity index is 2.40. The molecule has 0 N–H and O–H groups in total. The SMILES string of the molecule is COC[C@@H](N=C(c1ccccc1)N1C=CCC[C@H]1C)C(C)C. The number of rotatable bonds is 5. The van der Waals surface area contributed by atoms with Gasteiger partial charge in [-0.05, 0) is 25.7 Å². The first-order chi connectivity index (χ1) is 10.6. The van der Waals surface area contributed by atoms with Crippen molar-refractivity contribution in [2.24, 2.45) is 10.9 Å². The molecular weight excluding hydrogens is 272 g/mol. The standard InChI is InChI=1S/C19H28N2O/c1-15(2)18(14-22-4)20-19(17-11-6-5-7-12-17)21-13-9-8-10-16(21)3/h5-7,9,11-13,15-16,18H,8,10,14H2,1-4H3/t16-,18-/m1/s1. The van der Waals surface area contributed by atoms with Crippen molar-refractivity contribution in [3.05, 3.63) is 48.2 Å². The molecule has 0 aromatic heterocycles. The number of benzene rings is 1. The van der Waals surface area contributed by atoms with Crippen LogP contribution in [0.3, 0.4) is 0 Å². The number of methoxy groups -OCH3 is 1. The fraction of sp³-hybridized carbons (Fsp3) is 0.526. The first kappa shape index (κ1) is 16.8. The van der Waals surface area contributed by atoms with Gasteiger partial charge in [0, 0.05) is 24.9 Å². The Hall–Kier alpha value is -1.61. The second-order valence-corrected chi connectivity index (χ2v) is 6.30. The number of hydrogen-bond donors (Lipinski definition) is 0.